The third kappa shape index (κ3) is 4.47. The quantitative estimate of drug-likeness (QED) is 0.657. The molecule has 0 saturated carbocycles. The maximum Gasteiger partial charge on any atom is 0.272 e. The number of hydrogen-bond donors (Lipinski definition) is 1. The molecule has 0 aliphatic carbocycles. The molecule has 3 aromatic rings. The number of nitrogens with zero attached hydrogens (tertiary/aromatic N) is 3. The number of aromatic nitrogens is 2. The van der Waals surface area contributed by atoms with Crippen LogP contribution in [0.15, 0.2) is 59.2 Å². The number of benzene rings is 1. The van der Waals surface area contributed by atoms with Gasteiger partial charge >= 0.3 is 0 Å². The smallest absolute Gasteiger partial charge is 0.272 e. The average molecular weight is 390 g/mol. The zero-order valence-electron chi connectivity index (χ0n) is 16.7. The third-order valence-electron chi connectivity index (χ3n) is 5.36. The van der Waals surface area contributed by atoms with Gasteiger partial charge in [0.25, 0.3) is 5.91 Å². The van der Waals surface area contributed by atoms with E-state index in [1.807, 2.05) is 47.4 Å². The Morgan fingerprint density at radius 3 is 2.79 bits per heavy atom. The van der Waals surface area contributed by atoms with E-state index < -0.39 is 0 Å². The van der Waals surface area contributed by atoms with E-state index in [1.54, 1.807) is 12.3 Å². The van der Waals surface area contributed by atoms with Gasteiger partial charge in [0.2, 0.25) is 0 Å². The number of anilines is 1. The minimum atomic E-state index is -0.0165. The monoisotopic (exact) mass is 390 g/mol. The summed E-state index contributed by atoms with van der Waals surface area (Å²) in [5, 5.41) is 3.27. The van der Waals surface area contributed by atoms with E-state index in [4.69, 9.17) is 4.42 Å². The van der Waals surface area contributed by atoms with Crippen molar-refractivity contribution in [2.45, 2.75) is 45.2 Å². The largest absolute Gasteiger partial charge is 0.467 e. The molecule has 150 valence electrons. The van der Waals surface area contributed by atoms with Crippen LogP contribution in [0.25, 0.3) is 11.4 Å². The van der Waals surface area contributed by atoms with Crippen molar-refractivity contribution < 1.29 is 9.21 Å². The zero-order chi connectivity index (χ0) is 20.1. The Balaban J connectivity index is 1.66. The van der Waals surface area contributed by atoms with Crippen LogP contribution in [-0.4, -0.2) is 33.4 Å². The van der Waals surface area contributed by atoms with Crippen LogP contribution in [0, 0.1) is 0 Å². The minimum Gasteiger partial charge on any atom is -0.467 e. The topological polar surface area (TPSA) is 71.3 Å². The van der Waals surface area contributed by atoms with Gasteiger partial charge in [-0.3, -0.25) is 4.79 Å². The van der Waals surface area contributed by atoms with Crippen molar-refractivity contribution in [3.05, 3.63) is 66.2 Å². The Morgan fingerprint density at radius 2 is 2.03 bits per heavy atom. The van der Waals surface area contributed by atoms with E-state index in [-0.39, 0.29) is 11.9 Å². The lowest BCUT2D eigenvalue weighted by molar-refractivity contribution is 0.0602. The normalized spacial score (nSPS) is 16.6. The van der Waals surface area contributed by atoms with Crippen molar-refractivity contribution in [1.29, 1.82) is 0 Å². The van der Waals surface area contributed by atoms with Gasteiger partial charge in [0.05, 0.1) is 12.8 Å². The Hall–Kier alpha value is -3.15. The van der Waals surface area contributed by atoms with Crippen molar-refractivity contribution in [3.8, 4) is 11.4 Å². The van der Waals surface area contributed by atoms with Gasteiger partial charge < -0.3 is 14.6 Å². The molecular formula is C23H26N4O2. The number of nitrogens with one attached hydrogen (secondary N) is 1. The molecule has 6 nitrogen and oxygen atoms in total. The van der Waals surface area contributed by atoms with Crippen molar-refractivity contribution in [2.75, 3.05) is 11.9 Å². The summed E-state index contributed by atoms with van der Waals surface area (Å²) in [5.41, 5.74) is 1.31. The number of furan rings is 1. The fourth-order valence-electron chi connectivity index (χ4n) is 3.79. The summed E-state index contributed by atoms with van der Waals surface area (Å²) in [4.78, 5) is 24.6. The molecule has 1 saturated heterocycles. The summed E-state index contributed by atoms with van der Waals surface area (Å²) in [6.07, 6.45) is 5.89. The molecule has 2 aromatic heterocycles. The summed E-state index contributed by atoms with van der Waals surface area (Å²) in [5.74, 6) is 1.95. The lowest BCUT2D eigenvalue weighted by atomic mass is 9.99. The highest BCUT2D eigenvalue weighted by atomic mass is 16.3. The minimum absolute atomic E-state index is 0.0165. The van der Waals surface area contributed by atoms with Crippen LogP contribution in [0.5, 0.6) is 0 Å². The van der Waals surface area contributed by atoms with Crippen LogP contribution >= 0.6 is 0 Å². The van der Waals surface area contributed by atoms with E-state index in [1.165, 1.54) is 6.42 Å². The van der Waals surface area contributed by atoms with Gasteiger partial charge in [-0.05, 0) is 37.8 Å². The van der Waals surface area contributed by atoms with E-state index in [0.717, 1.165) is 37.1 Å². The van der Waals surface area contributed by atoms with Crippen molar-refractivity contribution in [2.24, 2.45) is 0 Å². The summed E-state index contributed by atoms with van der Waals surface area (Å²) in [6.45, 7) is 3.42. The fourth-order valence-corrected chi connectivity index (χ4v) is 3.79. The van der Waals surface area contributed by atoms with Crippen molar-refractivity contribution in [3.63, 3.8) is 0 Å². The second-order valence-corrected chi connectivity index (χ2v) is 7.32. The number of carbonyl (C=O) groups excluding carboxylic acids is 1. The predicted molar refractivity (Wildman–Crippen MR) is 112 cm³/mol. The summed E-state index contributed by atoms with van der Waals surface area (Å²) < 4.78 is 5.39. The molecule has 3 heterocycles. The van der Waals surface area contributed by atoms with Gasteiger partial charge in [-0.25, -0.2) is 9.97 Å². The van der Waals surface area contributed by atoms with Crippen LogP contribution in [0.4, 0.5) is 5.82 Å². The van der Waals surface area contributed by atoms with Gasteiger partial charge in [-0.2, -0.15) is 0 Å². The summed E-state index contributed by atoms with van der Waals surface area (Å²) >= 11 is 0. The molecule has 1 N–H and O–H groups in total. The van der Waals surface area contributed by atoms with Crippen LogP contribution in [-0.2, 0) is 6.54 Å². The Bertz CT molecular complexity index is 941. The standard InChI is InChI=1S/C23H26N4O2/c1-2-18-11-6-7-13-27(18)23(28)20-15-21(24-16-19-12-8-14-29-19)26-22(25-20)17-9-4-3-5-10-17/h3-5,8-10,12,14-15,18H,2,6-7,11,13,16H2,1H3,(H,24,25,26). The number of piperidine rings is 1. The van der Waals surface area contributed by atoms with E-state index in [0.29, 0.717) is 23.9 Å². The fraction of sp³-hybridized carbons (Fsp3) is 0.348. The lowest BCUT2D eigenvalue weighted by Crippen LogP contribution is -2.43. The molecule has 0 spiro atoms. The Labute approximate surface area is 171 Å². The maximum atomic E-state index is 13.3. The molecule has 1 atom stereocenters. The maximum absolute atomic E-state index is 13.3. The molecule has 1 aliphatic rings. The summed E-state index contributed by atoms with van der Waals surface area (Å²) in [7, 11) is 0. The number of hydrogen-bond acceptors (Lipinski definition) is 5. The first-order valence-electron chi connectivity index (χ1n) is 10.3. The van der Waals surface area contributed by atoms with E-state index in [2.05, 4.69) is 22.2 Å². The highest BCUT2D eigenvalue weighted by molar-refractivity contribution is 5.93. The van der Waals surface area contributed by atoms with Crippen LogP contribution in [0.3, 0.4) is 0 Å². The van der Waals surface area contributed by atoms with Crippen LogP contribution in [0.1, 0.15) is 48.9 Å². The number of amides is 1. The van der Waals surface area contributed by atoms with Crippen molar-refractivity contribution in [1.82, 2.24) is 14.9 Å². The average Bonchev–Trinajstić information content (AvgIpc) is 3.31. The molecule has 4 rings (SSSR count). The SMILES string of the molecule is CCC1CCCCN1C(=O)c1cc(NCc2ccco2)nc(-c2ccccc2)n1. The second-order valence-electron chi connectivity index (χ2n) is 7.32. The third-order valence-corrected chi connectivity index (χ3v) is 5.36. The predicted octanol–water partition coefficient (Wildman–Crippen LogP) is 4.75. The molecule has 0 bridgehead atoms. The van der Waals surface area contributed by atoms with Crippen LogP contribution in [0.2, 0.25) is 0 Å². The second kappa shape index (κ2) is 8.90. The van der Waals surface area contributed by atoms with Crippen LogP contribution < -0.4 is 5.32 Å². The lowest BCUT2D eigenvalue weighted by Gasteiger charge is -2.35. The first-order chi connectivity index (χ1) is 14.2. The van der Waals surface area contributed by atoms with Gasteiger partial charge in [-0.1, -0.05) is 37.3 Å². The highest BCUT2D eigenvalue weighted by Crippen LogP contribution is 2.24. The molecule has 29 heavy (non-hydrogen) atoms. The number of rotatable bonds is 6. The molecular weight excluding hydrogens is 364 g/mol. The van der Waals surface area contributed by atoms with Gasteiger partial charge in [0, 0.05) is 24.2 Å². The molecule has 1 aromatic carbocycles. The van der Waals surface area contributed by atoms with Gasteiger partial charge in [0.15, 0.2) is 5.82 Å². The Morgan fingerprint density at radius 1 is 1.17 bits per heavy atom. The first kappa shape index (κ1) is 19.2. The van der Waals surface area contributed by atoms with Crippen molar-refractivity contribution >= 4 is 11.7 Å². The van der Waals surface area contributed by atoms with E-state index >= 15 is 0 Å². The van der Waals surface area contributed by atoms with Gasteiger partial charge in [0.1, 0.15) is 17.3 Å². The summed E-state index contributed by atoms with van der Waals surface area (Å²) in [6, 6.07) is 15.5. The van der Waals surface area contributed by atoms with Gasteiger partial charge in [-0.15, -0.1) is 0 Å². The zero-order valence-corrected chi connectivity index (χ0v) is 16.7. The first-order valence-corrected chi connectivity index (χ1v) is 10.3. The Kier molecular flexibility index (Phi) is 5.89. The molecule has 0 radical (unpaired) electrons. The molecule has 1 fully saturated rings. The molecule has 1 unspecified atom stereocenters. The molecule has 6 heteroatoms. The number of likely N-dealkylation sites (tertiary alicyclic amines) is 1. The molecule has 1 aliphatic heterocycles. The highest BCUT2D eigenvalue weighted by Gasteiger charge is 2.27. The van der Waals surface area contributed by atoms with E-state index in [9.17, 15) is 4.79 Å². The number of carbonyl (C=O) groups is 1. The molecule has 1 amide bonds.